The van der Waals surface area contributed by atoms with Gasteiger partial charge in [0.1, 0.15) is 17.5 Å². The lowest BCUT2D eigenvalue weighted by Crippen LogP contribution is -2.42. The molecule has 1 aromatic rings. The fourth-order valence-corrected chi connectivity index (χ4v) is 2.33. The molecule has 2 aliphatic heterocycles. The van der Waals surface area contributed by atoms with Gasteiger partial charge < -0.3 is 20.7 Å². The molecule has 26 heavy (non-hydrogen) atoms. The number of nitrogens with zero attached hydrogens (tertiary/aromatic N) is 3. The van der Waals surface area contributed by atoms with Crippen molar-refractivity contribution in [3.05, 3.63) is 58.0 Å². The first-order valence-corrected chi connectivity index (χ1v) is 8.62. The van der Waals surface area contributed by atoms with Gasteiger partial charge >= 0.3 is 0 Å². The van der Waals surface area contributed by atoms with Crippen LogP contribution in [-0.4, -0.2) is 33.7 Å². The number of aliphatic imine (C=N–C) groups is 1. The van der Waals surface area contributed by atoms with Crippen LogP contribution in [0.25, 0.3) is 0 Å². The zero-order valence-electron chi connectivity index (χ0n) is 16.2. The first-order chi connectivity index (χ1) is 12.4. The standard InChI is InChI=1S/C14H18N6O.C3H8.CH4O/c1-9-5-13-17-11(15)6-12(20(13)18-9)16-7-10-3-4-14(21)19(2)8-10;1-3-2;1-2/h3-6,8-9,16,18H,7H2,1-2H3,(H2,15,17);3H2,1-2H3;2H,1H3. The summed E-state index contributed by atoms with van der Waals surface area (Å²) in [5, 5.41) is 12.2. The number of rotatable bonds is 3. The molecule has 3 rings (SSSR count). The molecular weight excluding hydrogens is 332 g/mol. The number of hydrogen-bond acceptors (Lipinski definition) is 7. The number of hydrazine groups is 1. The number of aryl methyl sites for hydroxylation is 1. The van der Waals surface area contributed by atoms with E-state index < -0.39 is 0 Å². The molecule has 1 aromatic heterocycles. The maximum Gasteiger partial charge on any atom is 0.250 e. The van der Waals surface area contributed by atoms with E-state index in [0.29, 0.717) is 12.4 Å². The van der Waals surface area contributed by atoms with Gasteiger partial charge in [0.15, 0.2) is 0 Å². The molecule has 5 N–H and O–H groups in total. The van der Waals surface area contributed by atoms with Crippen molar-refractivity contribution in [2.24, 2.45) is 17.8 Å². The van der Waals surface area contributed by atoms with Crippen molar-refractivity contribution in [1.82, 2.24) is 20.3 Å². The Labute approximate surface area is 154 Å². The Morgan fingerprint density at radius 1 is 1.35 bits per heavy atom. The van der Waals surface area contributed by atoms with Gasteiger partial charge in [-0.05, 0) is 18.6 Å². The van der Waals surface area contributed by atoms with Gasteiger partial charge in [-0.1, -0.05) is 26.3 Å². The Kier molecular flexibility index (Phi) is 8.60. The Morgan fingerprint density at radius 3 is 2.62 bits per heavy atom. The van der Waals surface area contributed by atoms with Crippen molar-refractivity contribution in [2.75, 3.05) is 7.11 Å². The number of fused-ring (bicyclic) bond motifs is 1. The summed E-state index contributed by atoms with van der Waals surface area (Å²) >= 11 is 0. The van der Waals surface area contributed by atoms with Crippen LogP contribution in [0.3, 0.4) is 0 Å². The summed E-state index contributed by atoms with van der Waals surface area (Å²) in [7, 11) is 2.74. The molecule has 0 radical (unpaired) electrons. The van der Waals surface area contributed by atoms with Crippen LogP contribution in [0.1, 0.15) is 32.8 Å². The fraction of sp³-hybridized carbons (Fsp3) is 0.444. The third-order valence-electron chi connectivity index (χ3n) is 3.35. The summed E-state index contributed by atoms with van der Waals surface area (Å²) in [5.74, 6) is 2.11. The summed E-state index contributed by atoms with van der Waals surface area (Å²) in [6, 6.07) is 3.58. The van der Waals surface area contributed by atoms with Crippen LogP contribution in [0.4, 0.5) is 0 Å². The van der Waals surface area contributed by atoms with Crippen molar-refractivity contribution < 1.29 is 5.11 Å². The molecule has 8 nitrogen and oxygen atoms in total. The Balaban J connectivity index is 0.000000615. The first kappa shape index (κ1) is 21.5. The lowest BCUT2D eigenvalue weighted by atomic mass is 10.3. The lowest BCUT2D eigenvalue weighted by molar-refractivity contribution is 0.297. The number of nitrogens with one attached hydrogen (secondary N) is 2. The van der Waals surface area contributed by atoms with Crippen LogP contribution in [0, 0.1) is 0 Å². The number of hydrogen-bond donors (Lipinski definition) is 4. The van der Waals surface area contributed by atoms with E-state index in [-0.39, 0.29) is 11.6 Å². The summed E-state index contributed by atoms with van der Waals surface area (Å²) < 4.78 is 1.56. The first-order valence-electron chi connectivity index (χ1n) is 8.62. The van der Waals surface area contributed by atoms with E-state index in [1.807, 2.05) is 30.3 Å². The minimum atomic E-state index is -0.0211. The monoisotopic (exact) mass is 362 g/mol. The van der Waals surface area contributed by atoms with Crippen LogP contribution < -0.4 is 22.0 Å². The minimum Gasteiger partial charge on any atom is -0.400 e. The predicted octanol–water partition coefficient (Wildman–Crippen LogP) is 0.762. The highest BCUT2D eigenvalue weighted by atomic mass is 16.2. The van der Waals surface area contributed by atoms with Gasteiger partial charge in [-0.2, -0.15) is 0 Å². The highest BCUT2D eigenvalue weighted by Gasteiger charge is 2.25. The van der Waals surface area contributed by atoms with Gasteiger partial charge in [0.05, 0.1) is 0 Å². The molecule has 144 valence electrons. The Morgan fingerprint density at radius 2 is 2.00 bits per heavy atom. The van der Waals surface area contributed by atoms with E-state index in [4.69, 9.17) is 10.8 Å². The minimum absolute atomic E-state index is 0.0211. The lowest BCUT2D eigenvalue weighted by Gasteiger charge is -2.27. The average Bonchev–Trinajstić information content (AvgIpc) is 2.98. The number of aliphatic hydroxyl groups excluding tert-OH is 1. The van der Waals surface area contributed by atoms with E-state index in [1.165, 1.54) is 6.42 Å². The van der Waals surface area contributed by atoms with Crippen LogP contribution in [0.5, 0.6) is 0 Å². The quantitative estimate of drug-likeness (QED) is 0.632. The molecule has 0 saturated carbocycles. The largest absolute Gasteiger partial charge is 0.400 e. The second-order valence-corrected chi connectivity index (χ2v) is 5.89. The second-order valence-electron chi connectivity index (χ2n) is 5.89. The highest BCUT2D eigenvalue weighted by Crippen LogP contribution is 2.21. The highest BCUT2D eigenvalue weighted by molar-refractivity contribution is 5.93. The topological polar surface area (TPSA) is 108 Å². The van der Waals surface area contributed by atoms with Crippen LogP contribution in [-0.2, 0) is 13.6 Å². The average molecular weight is 362 g/mol. The molecule has 2 aliphatic rings. The molecule has 1 atom stereocenters. The zero-order valence-corrected chi connectivity index (χ0v) is 16.2. The van der Waals surface area contributed by atoms with Crippen LogP contribution >= 0.6 is 0 Å². The van der Waals surface area contributed by atoms with Gasteiger partial charge in [0.2, 0.25) is 5.56 Å². The molecule has 1 unspecified atom stereocenters. The summed E-state index contributed by atoms with van der Waals surface area (Å²) in [4.78, 5) is 15.7. The van der Waals surface area contributed by atoms with E-state index in [2.05, 4.69) is 29.6 Å². The molecule has 0 bridgehead atoms. The molecule has 0 amide bonds. The maximum atomic E-state index is 11.4. The Bertz CT molecular complexity index is 735. The van der Waals surface area contributed by atoms with Gasteiger partial charge in [0.25, 0.3) is 0 Å². The molecule has 8 heteroatoms. The number of nitrogens with two attached hydrogens (primary N) is 1. The molecule has 0 aliphatic carbocycles. The SMILES string of the molecule is CC1C=C2N=C(N)C=C(NCc3ccc(=O)n(C)c3)N2N1.CCC.CO. The molecule has 3 heterocycles. The number of pyridine rings is 1. The zero-order chi connectivity index (χ0) is 19.7. The fourth-order valence-electron chi connectivity index (χ4n) is 2.33. The molecule has 0 spiro atoms. The summed E-state index contributed by atoms with van der Waals surface area (Å²) in [6.07, 6.45) is 6.85. The summed E-state index contributed by atoms with van der Waals surface area (Å²) in [5.41, 5.74) is 10.1. The smallest absolute Gasteiger partial charge is 0.250 e. The van der Waals surface area contributed by atoms with Crippen LogP contribution in [0.15, 0.2) is 51.9 Å². The van der Waals surface area contributed by atoms with Crippen molar-refractivity contribution >= 4 is 5.84 Å². The number of aromatic nitrogens is 1. The van der Waals surface area contributed by atoms with Gasteiger partial charge in [-0.3, -0.25) is 4.79 Å². The predicted molar refractivity (Wildman–Crippen MR) is 105 cm³/mol. The van der Waals surface area contributed by atoms with E-state index >= 15 is 0 Å². The maximum absolute atomic E-state index is 11.4. The molecule has 0 aromatic carbocycles. The van der Waals surface area contributed by atoms with Crippen molar-refractivity contribution in [2.45, 2.75) is 39.8 Å². The number of amidine groups is 1. The van der Waals surface area contributed by atoms with Crippen molar-refractivity contribution in [1.29, 1.82) is 0 Å². The van der Waals surface area contributed by atoms with Gasteiger partial charge in [0, 0.05) is 45.1 Å². The van der Waals surface area contributed by atoms with Crippen molar-refractivity contribution in [3.63, 3.8) is 0 Å². The van der Waals surface area contributed by atoms with E-state index in [0.717, 1.165) is 24.3 Å². The van der Waals surface area contributed by atoms with Crippen LogP contribution in [0.2, 0.25) is 0 Å². The van der Waals surface area contributed by atoms with E-state index in [1.54, 1.807) is 23.8 Å². The normalized spacial score (nSPS) is 17.5. The third-order valence-corrected chi connectivity index (χ3v) is 3.35. The molecular formula is C18H30N6O2. The van der Waals surface area contributed by atoms with Gasteiger partial charge in [-0.25, -0.2) is 15.4 Å². The molecule has 0 fully saturated rings. The van der Waals surface area contributed by atoms with Crippen molar-refractivity contribution in [3.8, 4) is 0 Å². The summed E-state index contributed by atoms with van der Waals surface area (Å²) in [6.45, 7) is 6.88. The molecule has 0 saturated heterocycles. The van der Waals surface area contributed by atoms with Gasteiger partial charge in [-0.15, -0.1) is 0 Å². The second kappa shape index (κ2) is 10.4. The Hall–Kier alpha value is -2.58. The van der Waals surface area contributed by atoms with E-state index in [9.17, 15) is 4.79 Å². The third kappa shape index (κ3) is 5.75. The number of aliphatic hydroxyl groups is 1.